The number of para-hydroxylation sites is 1. The molecule has 4 atom stereocenters. The first kappa shape index (κ1) is 18.5. The molecule has 3 heteroatoms. The van der Waals surface area contributed by atoms with E-state index in [2.05, 4.69) is 70.5 Å². The summed E-state index contributed by atoms with van der Waals surface area (Å²) in [5.41, 5.74) is 2.91. The fourth-order valence-electron chi connectivity index (χ4n) is 7.78. The summed E-state index contributed by atoms with van der Waals surface area (Å²) in [5.74, 6) is 1.95. The van der Waals surface area contributed by atoms with Gasteiger partial charge in [0.1, 0.15) is 0 Å². The second-order valence-corrected chi connectivity index (χ2v) is 10.5. The minimum absolute atomic E-state index is 0.102. The molecule has 2 unspecified atom stereocenters. The third-order valence-electron chi connectivity index (χ3n) is 8.59. The number of anilines is 1. The molecule has 4 aliphatic carbocycles. The lowest BCUT2D eigenvalue weighted by molar-refractivity contribution is -0.160. The van der Waals surface area contributed by atoms with Crippen molar-refractivity contribution in [2.75, 3.05) is 31.1 Å². The van der Waals surface area contributed by atoms with Crippen LogP contribution in [0.5, 0.6) is 0 Å². The van der Waals surface area contributed by atoms with E-state index in [1.807, 2.05) is 0 Å². The van der Waals surface area contributed by atoms with Gasteiger partial charge in [-0.3, -0.25) is 4.79 Å². The van der Waals surface area contributed by atoms with Crippen molar-refractivity contribution >= 4 is 11.6 Å². The lowest BCUT2D eigenvalue weighted by Crippen LogP contribution is -2.61. The van der Waals surface area contributed by atoms with Crippen LogP contribution < -0.4 is 4.90 Å². The highest BCUT2D eigenvalue weighted by atomic mass is 16.2. The molecule has 1 saturated heterocycles. The van der Waals surface area contributed by atoms with Gasteiger partial charge in [-0.25, -0.2) is 0 Å². The molecule has 1 amide bonds. The number of hydrogen-bond donors (Lipinski definition) is 0. The Morgan fingerprint density at radius 1 is 0.767 bits per heavy atom. The molecule has 0 N–H and O–H groups in total. The molecule has 1 heterocycles. The van der Waals surface area contributed by atoms with Crippen LogP contribution in [0.3, 0.4) is 0 Å². The van der Waals surface area contributed by atoms with Gasteiger partial charge in [0.15, 0.2) is 0 Å². The van der Waals surface area contributed by atoms with Gasteiger partial charge in [-0.2, -0.15) is 0 Å². The van der Waals surface area contributed by atoms with Gasteiger partial charge in [-0.15, -0.1) is 0 Å². The van der Waals surface area contributed by atoms with Gasteiger partial charge in [0.05, 0.1) is 5.41 Å². The Morgan fingerprint density at radius 2 is 1.37 bits per heavy atom. The Hall–Kier alpha value is -2.29. The molecule has 30 heavy (non-hydrogen) atoms. The summed E-state index contributed by atoms with van der Waals surface area (Å²) in [5, 5.41) is 0. The van der Waals surface area contributed by atoms with E-state index in [0.717, 1.165) is 57.3 Å². The summed E-state index contributed by atoms with van der Waals surface area (Å²) >= 11 is 0. The maximum atomic E-state index is 14.0. The van der Waals surface area contributed by atoms with E-state index in [-0.39, 0.29) is 10.8 Å². The van der Waals surface area contributed by atoms with Gasteiger partial charge >= 0.3 is 0 Å². The van der Waals surface area contributed by atoms with Crippen LogP contribution in [-0.4, -0.2) is 37.0 Å². The second-order valence-electron chi connectivity index (χ2n) is 10.5. The molecule has 0 spiro atoms. The number of nitrogens with zero attached hydrogens (tertiary/aromatic N) is 2. The molecule has 3 nitrogen and oxygen atoms in total. The van der Waals surface area contributed by atoms with Crippen LogP contribution in [0.15, 0.2) is 60.7 Å². The van der Waals surface area contributed by atoms with Crippen molar-refractivity contribution in [2.24, 2.45) is 17.3 Å². The highest BCUT2D eigenvalue weighted by Gasteiger charge is 2.61. The first-order valence-electron chi connectivity index (χ1n) is 11.8. The van der Waals surface area contributed by atoms with E-state index in [4.69, 9.17) is 0 Å². The highest BCUT2D eigenvalue weighted by molar-refractivity contribution is 5.84. The first-order valence-corrected chi connectivity index (χ1v) is 11.8. The van der Waals surface area contributed by atoms with Gasteiger partial charge < -0.3 is 9.80 Å². The Balaban J connectivity index is 1.23. The Morgan fingerprint density at radius 3 is 2.00 bits per heavy atom. The predicted molar refractivity (Wildman–Crippen MR) is 120 cm³/mol. The Labute approximate surface area is 180 Å². The standard InChI is InChI=1S/C27H32N2O/c30-25(29-13-11-28(12-14-29)24-9-5-2-6-10-24)27-18-21-15-22(19-27)17-26(16-21,20-27)23-7-3-1-4-8-23/h1-10,21-22H,11-20H2/t21-,22+,26?,27?. The highest BCUT2D eigenvalue weighted by Crippen LogP contribution is 2.66. The normalized spacial score (nSPS) is 34.9. The molecule has 0 aromatic heterocycles. The molecule has 7 rings (SSSR count). The molecular formula is C27H32N2O. The van der Waals surface area contributed by atoms with Crippen molar-refractivity contribution in [3.63, 3.8) is 0 Å². The summed E-state index contributed by atoms with van der Waals surface area (Å²) in [6, 6.07) is 21.8. The molecule has 0 radical (unpaired) electrons. The number of rotatable bonds is 3. The Kier molecular flexibility index (Phi) is 4.23. The summed E-state index contributed by atoms with van der Waals surface area (Å²) < 4.78 is 0. The van der Waals surface area contributed by atoms with E-state index in [0.29, 0.717) is 5.91 Å². The largest absolute Gasteiger partial charge is 0.368 e. The molecule has 5 aliphatic rings. The summed E-state index contributed by atoms with van der Waals surface area (Å²) in [4.78, 5) is 18.6. The fourth-order valence-corrected chi connectivity index (χ4v) is 7.78. The van der Waals surface area contributed by atoms with Crippen LogP contribution in [0.4, 0.5) is 5.69 Å². The van der Waals surface area contributed by atoms with Crippen molar-refractivity contribution in [1.82, 2.24) is 4.90 Å². The molecule has 1 aliphatic heterocycles. The van der Waals surface area contributed by atoms with E-state index in [1.165, 1.54) is 30.5 Å². The third-order valence-corrected chi connectivity index (χ3v) is 8.59. The van der Waals surface area contributed by atoms with Crippen LogP contribution in [-0.2, 0) is 10.2 Å². The SMILES string of the molecule is O=C(N1CCN(c2ccccc2)CC1)C12C[C@H]3C[C@@H](C1)CC(c1ccccc1)(C3)C2. The van der Waals surface area contributed by atoms with Gasteiger partial charge in [0.2, 0.25) is 5.91 Å². The number of piperazine rings is 1. The number of hydrogen-bond acceptors (Lipinski definition) is 2. The van der Waals surface area contributed by atoms with Gasteiger partial charge in [0, 0.05) is 31.9 Å². The quantitative estimate of drug-likeness (QED) is 0.734. The zero-order chi connectivity index (χ0) is 20.2. The van der Waals surface area contributed by atoms with E-state index < -0.39 is 0 Å². The number of carbonyl (C=O) groups is 1. The molecule has 5 fully saturated rings. The summed E-state index contributed by atoms with van der Waals surface area (Å²) in [7, 11) is 0. The van der Waals surface area contributed by atoms with Crippen LogP contribution in [0.2, 0.25) is 0 Å². The van der Waals surface area contributed by atoms with Crippen molar-refractivity contribution in [3.8, 4) is 0 Å². The zero-order valence-corrected chi connectivity index (χ0v) is 17.8. The lowest BCUT2D eigenvalue weighted by atomic mass is 9.42. The van der Waals surface area contributed by atoms with Crippen molar-refractivity contribution in [1.29, 1.82) is 0 Å². The maximum absolute atomic E-state index is 14.0. The third kappa shape index (κ3) is 2.89. The van der Waals surface area contributed by atoms with Crippen LogP contribution in [0, 0.1) is 17.3 Å². The van der Waals surface area contributed by atoms with Gasteiger partial charge in [-0.1, -0.05) is 48.5 Å². The van der Waals surface area contributed by atoms with E-state index in [1.54, 1.807) is 0 Å². The van der Waals surface area contributed by atoms with Gasteiger partial charge in [-0.05, 0) is 73.5 Å². The zero-order valence-electron chi connectivity index (χ0n) is 17.8. The van der Waals surface area contributed by atoms with Crippen LogP contribution in [0.1, 0.15) is 44.1 Å². The molecular weight excluding hydrogens is 368 g/mol. The number of amides is 1. The first-order chi connectivity index (χ1) is 14.7. The fraction of sp³-hybridized carbons (Fsp3) is 0.519. The summed E-state index contributed by atoms with van der Waals surface area (Å²) in [6.45, 7) is 3.62. The van der Waals surface area contributed by atoms with Crippen molar-refractivity contribution in [3.05, 3.63) is 66.2 Å². The molecule has 2 aromatic carbocycles. The monoisotopic (exact) mass is 400 g/mol. The summed E-state index contributed by atoms with van der Waals surface area (Å²) in [6.07, 6.45) is 7.29. The topological polar surface area (TPSA) is 23.6 Å². The second kappa shape index (κ2) is 6.87. The number of carbonyl (C=O) groups excluding carboxylic acids is 1. The van der Waals surface area contributed by atoms with Crippen molar-refractivity contribution < 1.29 is 4.79 Å². The minimum Gasteiger partial charge on any atom is -0.368 e. The van der Waals surface area contributed by atoms with E-state index in [9.17, 15) is 4.79 Å². The molecule has 4 saturated carbocycles. The lowest BCUT2D eigenvalue weighted by Gasteiger charge is -2.62. The van der Waals surface area contributed by atoms with Crippen molar-refractivity contribution in [2.45, 2.75) is 43.9 Å². The molecule has 156 valence electrons. The molecule has 2 aromatic rings. The average molecular weight is 401 g/mol. The Bertz CT molecular complexity index is 902. The predicted octanol–water partition coefficient (Wildman–Crippen LogP) is 4.87. The number of benzene rings is 2. The van der Waals surface area contributed by atoms with E-state index >= 15 is 0 Å². The smallest absolute Gasteiger partial charge is 0.228 e. The van der Waals surface area contributed by atoms with Crippen LogP contribution >= 0.6 is 0 Å². The minimum atomic E-state index is -0.102. The van der Waals surface area contributed by atoms with Gasteiger partial charge in [0.25, 0.3) is 0 Å². The van der Waals surface area contributed by atoms with Crippen LogP contribution in [0.25, 0.3) is 0 Å². The maximum Gasteiger partial charge on any atom is 0.228 e. The molecule has 4 bridgehead atoms. The average Bonchev–Trinajstić information content (AvgIpc) is 2.79.